The number of hydrogen-bond acceptors (Lipinski definition) is 3. The van der Waals surface area contributed by atoms with Crippen LogP contribution >= 0.6 is 0 Å². The molecule has 1 unspecified atom stereocenters. The Bertz CT molecular complexity index is 371. The second-order valence-corrected chi connectivity index (χ2v) is 3.78. The van der Waals surface area contributed by atoms with Crippen LogP contribution in [0.15, 0.2) is 6.07 Å². The predicted octanol–water partition coefficient (Wildman–Crippen LogP) is 1.93. The Morgan fingerprint density at radius 3 is 2.50 bits per heavy atom. The lowest BCUT2D eigenvalue weighted by Gasteiger charge is -2.15. The molecule has 0 aliphatic carbocycles. The zero-order chi connectivity index (χ0) is 12.3. The first-order valence-corrected chi connectivity index (χ1v) is 4.85. The lowest BCUT2D eigenvalue weighted by Crippen LogP contribution is -2.25. The van der Waals surface area contributed by atoms with Gasteiger partial charge in [-0.3, -0.25) is 0 Å². The number of pyridine rings is 1. The van der Waals surface area contributed by atoms with Gasteiger partial charge in [0.05, 0.1) is 6.10 Å². The molecule has 1 aromatic heterocycles. The van der Waals surface area contributed by atoms with E-state index < -0.39 is 29.5 Å². The maximum absolute atomic E-state index is 13.1. The molecule has 0 amide bonds. The molecule has 0 fully saturated rings. The Hall–Kier alpha value is -1.30. The number of aliphatic hydroxyl groups excluding tert-OH is 1. The van der Waals surface area contributed by atoms with Gasteiger partial charge >= 0.3 is 0 Å². The van der Waals surface area contributed by atoms with Crippen LogP contribution in [0.1, 0.15) is 13.8 Å². The minimum atomic E-state index is -1.37. The van der Waals surface area contributed by atoms with Gasteiger partial charge in [0.15, 0.2) is 17.5 Å². The van der Waals surface area contributed by atoms with Crippen LogP contribution in [0.2, 0.25) is 0 Å². The number of anilines is 1. The summed E-state index contributed by atoms with van der Waals surface area (Å²) in [5.74, 6) is -4.13. The van der Waals surface area contributed by atoms with Crippen molar-refractivity contribution < 1.29 is 18.3 Å². The van der Waals surface area contributed by atoms with Crippen LogP contribution in [0, 0.1) is 23.5 Å². The van der Waals surface area contributed by atoms with Crippen molar-refractivity contribution >= 4 is 5.82 Å². The minimum Gasteiger partial charge on any atom is -0.391 e. The van der Waals surface area contributed by atoms with Crippen molar-refractivity contribution in [1.82, 2.24) is 4.98 Å². The highest BCUT2D eigenvalue weighted by Gasteiger charge is 2.14. The molecule has 1 atom stereocenters. The topological polar surface area (TPSA) is 45.1 Å². The van der Waals surface area contributed by atoms with E-state index in [1.54, 1.807) is 13.8 Å². The van der Waals surface area contributed by atoms with Crippen LogP contribution in [0.3, 0.4) is 0 Å². The maximum atomic E-state index is 13.1. The molecule has 0 aliphatic rings. The maximum Gasteiger partial charge on any atom is 0.251 e. The standard InChI is InChI=1S/C10H13F3N2O/c1-5(2)8(16)4-14-10-7(12)3-6(11)9(13)15-10/h3,5,8,16H,4H2,1-2H3,(H,14,15). The third-order valence-electron chi connectivity index (χ3n) is 2.13. The van der Waals surface area contributed by atoms with Gasteiger partial charge in [-0.25, -0.2) is 8.78 Å². The first-order valence-electron chi connectivity index (χ1n) is 4.85. The molecule has 6 heteroatoms. The summed E-state index contributed by atoms with van der Waals surface area (Å²) < 4.78 is 38.3. The summed E-state index contributed by atoms with van der Waals surface area (Å²) in [4.78, 5) is 3.06. The third-order valence-corrected chi connectivity index (χ3v) is 2.13. The van der Waals surface area contributed by atoms with Gasteiger partial charge < -0.3 is 10.4 Å². The molecular weight excluding hydrogens is 221 g/mol. The number of nitrogens with one attached hydrogen (secondary N) is 1. The molecule has 0 radical (unpaired) electrons. The highest BCUT2D eigenvalue weighted by Crippen LogP contribution is 2.14. The van der Waals surface area contributed by atoms with Crippen molar-refractivity contribution in [3.05, 3.63) is 23.6 Å². The Morgan fingerprint density at radius 1 is 1.31 bits per heavy atom. The average Bonchev–Trinajstić information content (AvgIpc) is 2.20. The summed E-state index contributed by atoms with van der Waals surface area (Å²) in [6.07, 6.45) is -0.714. The van der Waals surface area contributed by atoms with Crippen molar-refractivity contribution in [1.29, 1.82) is 0 Å². The molecule has 0 bridgehead atoms. The number of hydrogen-bond donors (Lipinski definition) is 2. The van der Waals surface area contributed by atoms with E-state index in [-0.39, 0.29) is 12.5 Å². The molecule has 1 aromatic rings. The molecule has 16 heavy (non-hydrogen) atoms. The first-order chi connectivity index (χ1) is 7.41. The molecule has 0 saturated carbocycles. The Labute approximate surface area is 91.3 Å². The van der Waals surface area contributed by atoms with Gasteiger partial charge in [0.25, 0.3) is 5.95 Å². The fourth-order valence-electron chi connectivity index (χ4n) is 1.01. The first kappa shape index (κ1) is 12.8. The van der Waals surface area contributed by atoms with Gasteiger partial charge in [-0.1, -0.05) is 13.8 Å². The highest BCUT2D eigenvalue weighted by molar-refractivity contribution is 5.36. The van der Waals surface area contributed by atoms with E-state index in [9.17, 15) is 18.3 Å². The smallest absolute Gasteiger partial charge is 0.251 e. The van der Waals surface area contributed by atoms with Crippen molar-refractivity contribution in [2.75, 3.05) is 11.9 Å². The molecular formula is C10H13F3N2O. The fourth-order valence-corrected chi connectivity index (χ4v) is 1.01. The predicted molar refractivity (Wildman–Crippen MR) is 53.4 cm³/mol. The Morgan fingerprint density at radius 2 is 1.94 bits per heavy atom. The SMILES string of the molecule is CC(C)C(O)CNc1nc(F)c(F)cc1F. The van der Waals surface area contributed by atoms with Crippen LogP contribution in [0.4, 0.5) is 19.0 Å². The number of aliphatic hydroxyl groups is 1. The van der Waals surface area contributed by atoms with Gasteiger partial charge in [-0.15, -0.1) is 0 Å². The zero-order valence-electron chi connectivity index (χ0n) is 8.97. The van der Waals surface area contributed by atoms with Crippen molar-refractivity contribution in [3.8, 4) is 0 Å². The number of aromatic nitrogens is 1. The second kappa shape index (κ2) is 5.16. The normalized spacial score (nSPS) is 12.9. The van der Waals surface area contributed by atoms with Gasteiger partial charge in [-0.2, -0.15) is 9.37 Å². The molecule has 3 nitrogen and oxygen atoms in total. The summed E-state index contributed by atoms with van der Waals surface area (Å²) in [6, 6.07) is 0.409. The summed E-state index contributed by atoms with van der Waals surface area (Å²) >= 11 is 0. The Balaban J connectivity index is 2.71. The quantitative estimate of drug-likeness (QED) is 0.782. The van der Waals surface area contributed by atoms with Crippen LogP contribution < -0.4 is 5.32 Å². The number of nitrogens with zero attached hydrogens (tertiary/aromatic N) is 1. The molecule has 0 aliphatic heterocycles. The molecule has 2 N–H and O–H groups in total. The van der Waals surface area contributed by atoms with E-state index in [0.717, 1.165) is 0 Å². The molecule has 0 saturated heterocycles. The molecule has 0 spiro atoms. The fraction of sp³-hybridized carbons (Fsp3) is 0.500. The second-order valence-electron chi connectivity index (χ2n) is 3.78. The monoisotopic (exact) mass is 234 g/mol. The van der Waals surface area contributed by atoms with E-state index >= 15 is 0 Å². The van der Waals surface area contributed by atoms with E-state index in [1.165, 1.54) is 0 Å². The van der Waals surface area contributed by atoms with Gasteiger partial charge in [0, 0.05) is 12.6 Å². The Kier molecular flexibility index (Phi) is 4.12. The molecule has 0 aromatic carbocycles. The largest absolute Gasteiger partial charge is 0.391 e. The summed E-state index contributed by atoms with van der Waals surface area (Å²) in [5.41, 5.74) is 0. The summed E-state index contributed by atoms with van der Waals surface area (Å²) in [7, 11) is 0. The van der Waals surface area contributed by atoms with E-state index in [0.29, 0.717) is 6.07 Å². The summed E-state index contributed by atoms with van der Waals surface area (Å²) in [6.45, 7) is 3.58. The number of halogens is 3. The van der Waals surface area contributed by atoms with Gasteiger partial charge in [0.2, 0.25) is 0 Å². The van der Waals surface area contributed by atoms with Crippen LogP contribution in [-0.2, 0) is 0 Å². The lowest BCUT2D eigenvalue weighted by atomic mass is 10.1. The molecule has 1 heterocycles. The van der Waals surface area contributed by atoms with Crippen LogP contribution in [0.25, 0.3) is 0 Å². The molecule has 1 rings (SSSR count). The molecule has 90 valence electrons. The third kappa shape index (κ3) is 3.10. The van der Waals surface area contributed by atoms with E-state index in [1.807, 2.05) is 0 Å². The van der Waals surface area contributed by atoms with Crippen molar-refractivity contribution in [2.45, 2.75) is 20.0 Å². The van der Waals surface area contributed by atoms with Crippen LogP contribution in [-0.4, -0.2) is 22.7 Å². The van der Waals surface area contributed by atoms with Gasteiger partial charge in [-0.05, 0) is 5.92 Å². The van der Waals surface area contributed by atoms with Crippen molar-refractivity contribution in [2.24, 2.45) is 5.92 Å². The number of rotatable bonds is 4. The average molecular weight is 234 g/mol. The van der Waals surface area contributed by atoms with Crippen LogP contribution in [0.5, 0.6) is 0 Å². The summed E-state index contributed by atoms with van der Waals surface area (Å²) in [5, 5.41) is 11.8. The lowest BCUT2D eigenvalue weighted by molar-refractivity contribution is 0.137. The van der Waals surface area contributed by atoms with E-state index in [4.69, 9.17) is 0 Å². The van der Waals surface area contributed by atoms with Gasteiger partial charge in [0.1, 0.15) is 0 Å². The van der Waals surface area contributed by atoms with Crippen molar-refractivity contribution in [3.63, 3.8) is 0 Å². The van der Waals surface area contributed by atoms with E-state index in [2.05, 4.69) is 10.3 Å². The highest BCUT2D eigenvalue weighted by atomic mass is 19.2. The minimum absolute atomic E-state index is 0.0205. The zero-order valence-corrected chi connectivity index (χ0v) is 8.97.